The predicted molar refractivity (Wildman–Crippen MR) is 115 cm³/mol. The first-order chi connectivity index (χ1) is 13.2. The van der Waals surface area contributed by atoms with Gasteiger partial charge in [0.1, 0.15) is 0 Å². The fourth-order valence-corrected chi connectivity index (χ4v) is 8.58. The summed E-state index contributed by atoms with van der Waals surface area (Å²) in [4.78, 5) is 0. The van der Waals surface area contributed by atoms with Gasteiger partial charge >= 0.3 is 71.8 Å². The van der Waals surface area contributed by atoms with E-state index < -0.39 is 10.1 Å². The summed E-state index contributed by atoms with van der Waals surface area (Å²) in [7, 11) is -0.627. The van der Waals surface area contributed by atoms with E-state index in [-0.39, 0.29) is 24.8 Å². The molecule has 0 amide bonds. The fourth-order valence-electron chi connectivity index (χ4n) is 4.02. The minimum atomic E-state index is -0.627. The molecule has 0 aliphatic heterocycles. The number of fused-ring (bicyclic) bond motifs is 2. The zero-order valence-corrected chi connectivity index (χ0v) is 24.4. The topological polar surface area (TPSA) is 0 Å². The first-order valence-electron chi connectivity index (χ1n) is 10.2. The molecule has 2 atom stereocenters. The summed E-state index contributed by atoms with van der Waals surface area (Å²) in [6.07, 6.45) is 26.1. The van der Waals surface area contributed by atoms with Gasteiger partial charge in [-0.3, -0.25) is 0 Å². The second-order valence-corrected chi connectivity index (χ2v) is 25.4. The van der Waals surface area contributed by atoms with E-state index in [1.54, 1.807) is 15.5 Å². The molecule has 0 spiro atoms. The smallest absolute Gasteiger partial charge is 1.00 e. The number of benzene rings is 1. The maximum absolute atomic E-state index is 2.43. The average Bonchev–Trinajstić information content (AvgIpc) is 3.39. The zero-order chi connectivity index (χ0) is 18.9. The van der Waals surface area contributed by atoms with E-state index in [9.17, 15) is 0 Å². The molecule has 2 fully saturated rings. The Hall–Kier alpha value is -0.0870. The van der Waals surface area contributed by atoms with Gasteiger partial charge in [-0.25, -0.2) is 36.1 Å². The minimum absolute atomic E-state index is 0. The zero-order valence-electron chi connectivity index (χ0n) is 17.2. The molecule has 2 saturated carbocycles. The van der Waals surface area contributed by atoms with Gasteiger partial charge in [-0.05, 0) is 24.7 Å². The summed E-state index contributed by atoms with van der Waals surface area (Å²) in [5.74, 6) is 4.20. The molecule has 4 heteroatoms. The summed E-state index contributed by atoms with van der Waals surface area (Å²) in [5, 5.41) is 0. The molecule has 0 N–H and O–H groups in total. The van der Waals surface area contributed by atoms with Crippen LogP contribution in [0, 0.1) is 24.7 Å². The summed E-state index contributed by atoms with van der Waals surface area (Å²) < 4.78 is 1.64. The van der Waals surface area contributed by atoms with Crippen LogP contribution in [0.2, 0.25) is 5.76 Å². The maximum Gasteiger partial charge on any atom is -1.00 e. The Morgan fingerprint density at radius 3 is 1.69 bits per heavy atom. The van der Waals surface area contributed by atoms with Gasteiger partial charge in [-0.2, -0.15) is 0 Å². The third kappa shape index (κ3) is 8.89. The Balaban J connectivity index is 0.000000210. The second-order valence-electron chi connectivity index (χ2n) is 7.61. The van der Waals surface area contributed by atoms with Crippen LogP contribution in [0.3, 0.4) is 0 Å². The second kappa shape index (κ2) is 14.8. The fraction of sp³-hybridized carbons (Fsp3) is 0.360. The Morgan fingerprint density at radius 1 is 0.828 bits per heavy atom. The molecule has 0 heterocycles. The number of halogens is 2. The van der Waals surface area contributed by atoms with Gasteiger partial charge in [0.25, 0.3) is 0 Å². The van der Waals surface area contributed by atoms with E-state index in [4.69, 9.17) is 0 Å². The summed E-state index contributed by atoms with van der Waals surface area (Å²) in [6, 6.07) is 10.9. The van der Waals surface area contributed by atoms with Crippen molar-refractivity contribution in [2.75, 3.05) is 0 Å². The van der Waals surface area contributed by atoms with Crippen molar-refractivity contribution < 1.29 is 46.1 Å². The van der Waals surface area contributed by atoms with Gasteiger partial charge in [0.15, 0.2) is 0 Å². The van der Waals surface area contributed by atoms with Gasteiger partial charge < -0.3 is 24.8 Å². The molecule has 0 bridgehead atoms. The van der Waals surface area contributed by atoms with Crippen LogP contribution in [0.15, 0.2) is 77.9 Å². The average molecular weight is 653 g/mol. The standard InChI is InChI=1S/2C9H11.C7H8Ge.2ClH.Hf/c2*1-2-5-9-7-3-6-8(9)4-1;1-8-7-5-3-2-4-6-7;;;/h2*1-2,4,6,9H,3,5,7H2;2-6H,1H3;2*1H;/q2*-1;;;;+2/p-2. The minimum Gasteiger partial charge on any atom is -1.00 e. The third-order valence-electron chi connectivity index (χ3n) is 5.63. The molecule has 4 aliphatic rings. The number of hydrogen-bond donors (Lipinski definition) is 0. The molecule has 0 nitrogen and oxygen atoms in total. The molecular formula is C25H30Cl2GeHf-2. The molecule has 2 unspecified atom stereocenters. The van der Waals surface area contributed by atoms with Crippen LogP contribution < -0.4 is 29.2 Å². The monoisotopic (exact) mass is 654 g/mol. The normalized spacial score (nSPS) is 22.2. The Labute approximate surface area is 205 Å². The van der Waals surface area contributed by atoms with Gasteiger partial charge in [0, 0.05) is 0 Å². The number of hydrogen-bond acceptors (Lipinski definition) is 0. The van der Waals surface area contributed by atoms with Gasteiger partial charge in [0.05, 0.1) is 0 Å². The van der Waals surface area contributed by atoms with Crippen molar-refractivity contribution >= 4 is 14.5 Å². The Morgan fingerprint density at radius 2 is 1.31 bits per heavy atom. The number of allylic oxidation sites excluding steroid dienone is 8. The summed E-state index contributed by atoms with van der Waals surface area (Å²) in [6.45, 7) is 0. The van der Waals surface area contributed by atoms with Crippen molar-refractivity contribution in [1.82, 2.24) is 0 Å². The molecule has 1 aromatic carbocycles. The van der Waals surface area contributed by atoms with Crippen LogP contribution in [0.1, 0.15) is 38.5 Å². The van der Waals surface area contributed by atoms with Crippen molar-refractivity contribution in [3.8, 4) is 0 Å². The molecule has 0 aromatic heterocycles. The van der Waals surface area contributed by atoms with Crippen LogP contribution >= 0.6 is 0 Å². The molecule has 29 heavy (non-hydrogen) atoms. The van der Waals surface area contributed by atoms with E-state index in [1.807, 2.05) is 0 Å². The molecular weight excluding hydrogens is 622 g/mol. The van der Waals surface area contributed by atoms with Crippen molar-refractivity contribution in [3.63, 3.8) is 0 Å². The molecule has 0 radical (unpaired) electrons. The number of rotatable bonds is 1. The molecule has 5 rings (SSSR count). The van der Waals surface area contributed by atoms with E-state index in [1.165, 1.54) is 59.8 Å². The van der Waals surface area contributed by atoms with Crippen molar-refractivity contribution in [2.45, 2.75) is 44.3 Å². The summed E-state index contributed by atoms with van der Waals surface area (Å²) in [5.41, 5.74) is 3.16. The van der Waals surface area contributed by atoms with Gasteiger partial charge in [0.2, 0.25) is 0 Å². The first kappa shape index (κ1) is 26.9. The van der Waals surface area contributed by atoms with E-state index in [0.717, 1.165) is 11.8 Å². The maximum atomic E-state index is 2.43. The Kier molecular flexibility index (Phi) is 13.8. The Bertz CT molecular complexity index is 709. The SMILES string of the molecule is C1=CCC2CC[CH-]C2=C1.C1=CCC2CC[CH-]C2=C1.[CH3][Ge](=[Hf+2])[c]1ccccc1.[Cl-].[Cl-]. The quantitative estimate of drug-likeness (QED) is 0.298. The van der Waals surface area contributed by atoms with Gasteiger partial charge in [-0.15, -0.1) is 37.1 Å². The largest absolute Gasteiger partial charge is 1.00 e. The van der Waals surface area contributed by atoms with E-state index in [2.05, 4.69) is 85.4 Å². The molecule has 154 valence electrons. The van der Waals surface area contributed by atoms with Crippen LogP contribution in [-0.2, 0) is 21.3 Å². The van der Waals surface area contributed by atoms with Crippen LogP contribution in [-0.4, -0.2) is 10.1 Å². The molecule has 1 aromatic rings. The third-order valence-corrected chi connectivity index (χ3v) is 13.5. The van der Waals surface area contributed by atoms with Crippen molar-refractivity contribution in [3.05, 3.63) is 90.8 Å². The van der Waals surface area contributed by atoms with Crippen LogP contribution in [0.25, 0.3) is 0 Å². The van der Waals surface area contributed by atoms with Crippen LogP contribution in [0.4, 0.5) is 0 Å². The van der Waals surface area contributed by atoms with Gasteiger partial charge in [-0.1, -0.05) is 12.8 Å². The first-order valence-corrected chi connectivity index (χ1v) is 23.8. The van der Waals surface area contributed by atoms with E-state index >= 15 is 0 Å². The van der Waals surface area contributed by atoms with Crippen molar-refractivity contribution in [1.29, 1.82) is 0 Å². The molecule has 0 saturated heterocycles. The summed E-state index contributed by atoms with van der Waals surface area (Å²) >= 11 is 1.42. The van der Waals surface area contributed by atoms with Crippen LogP contribution in [0.5, 0.6) is 0 Å². The van der Waals surface area contributed by atoms with Crippen molar-refractivity contribution in [2.24, 2.45) is 11.8 Å². The predicted octanol–water partition coefficient (Wildman–Crippen LogP) is 0.0437. The van der Waals surface area contributed by atoms with E-state index in [0.29, 0.717) is 0 Å². The molecule has 4 aliphatic carbocycles.